The molecule has 1 amide bonds. The summed E-state index contributed by atoms with van der Waals surface area (Å²) in [6, 6.07) is 11.8. The van der Waals surface area contributed by atoms with E-state index in [0.29, 0.717) is 5.75 Å². The first kappa shape index (κ1) is 21.1. The van der Waals surface area contributed by atoms with Crippen LogP contribution in [0, 0.1) is 11.3 Å². The van der Waals surface area contributed by atoms with Gasteiger partial charge in [0.2, 0.25) is 0 Å². The molecule has 2 N–H and O–H groups in total. The number of carbonyl (C=O) groups is 1. The molecule has 0 unspecified atom stereocenters. The second-order valence-corrected chi connectivity index (χ2v) is 5.94. The molecule has 0 spiro atoms. The van der Waals surface area contributed by atoms with Gasteiger partial charge in [0, 0.05) is 18.4 Å². The fourth-order valence-electron chi connectivity index (χ4n) is 2.16. The Morgan fingerprint density at radius 1 is 1.25 bits per heavy atom. The van der Waals surface area contributed by atoms with E-state index < -0.39 is 22.7 Å². The number of hydrogen-bond donors (Lipinski definition) is 2. The highest BCUT2D eigenvalue weighted by molar-refractivity contribution is 6.31. The zero-order valence-corrected chi connectivity index (χ0v) is 15.4. The van der Waals surface area contributed by atoms with E-state index in [0.717, 1.165) is 23.9 Å². The first-order valence-electron chi connectivity index (χ1n) is 7.89. The van der Waals surface area contributed by atoms with Crippen LogP contribution >= 0.6 is 11.6 Å². The van der Waals surface area contributed by atoms with E-state index in [1.165, 1.54) is 13.2 Å². The van der Waals surface area contributed by atoms with Gasteiger partial charge in [-0.15, -0.1) is 0 Å². The quantitative estimate of drug-likeness (QED) is 0.544. The number of carbonyl (C=O) groups excluding carboxylic acids is 1. The molecular weight excluding hydrogens is 395 g/mol. The number of hydrogen-bond acceptors (Lipinski definition) is 4. The van der Waals surface area contributed by atoms with Crippen LogP contribution in [0.3, 0.4) is 0 Å². The Labute approximate surface area is 164 Å². The maximum atomic E-state index is 12.9. The number of nitrogens with zero attached hydrogens (tertiary/aromatic N) is 1. The van der Waals surface area contributed by atoms with Gasteiger partial charge >= 0.3 is 6.18 Å². The largest absolute Gasteiger partial charge is 0.497 e. The summed E-state index contributed by atoms with van der Waals surface area (Å²) in [4.78, 5) is 12.1. The normalized spacial score (nSPS) is 11.5. The van der Waals surface area contributed by atoms with Crippen molar-refractivity contribution in [1.82, 2.24) is 5.32 Å². The standard InChI is InChI=1S/C19H15ClF3N3O2/c1-28-15-5-2-12(3-6-15)10-26-18(27)13(9-24)11-25-14-4-7-17(20)16(8-14)19(21,22)23/h2-8,11,25H,10H2,1H3,(H,26,27)/b13-11-. The van der Waals surface area contributed by atoms with Crippen molar-refractivity contribution >= 4 is 23.2 Å². The number of methoxy groups -OCH3 is 1. The molecule has 2 aromatic rings. The summed E-state index contributed by atoms with van der Waals surface area (Å²) in [7, 11) is 1.53. The van der Waals surface area contributed by atoms with Gasteiger partial charge in [-0.25, -0.2) is 0 Å². The fraction of sp³-hybridized carbons (Fsp3) is 0.158. The van der Waals surface area contributed by atoms with E-state index in [4.69, 9.17) is 21.6 Å². The number of nitrogens with one attached hydrogen (secondary N) is 2. The van der Waals surface area contributed by atoms with Gasteiger partial charge in [0.05, 0.1) is 17.7 Å². The van der Waals surface area contributed by atoms with Gasteiger partial charge in [-0.05, 0) is 35.9 Å². The highest BCUT2D eigenvalue weighted by Gasteiger charge is 2.33. The number of ether oxygens (including phenoxy) is 1. The topological polar surface area (TPSA) is 74.1 Å². The van der Waals surface area contributed by atoms with Gasteiger partial charge in [0.1, 0.15) is 17.4 Å². The smallest absolute Gasteiger partial charge is 0.417 e. The van der Waals surface area contributed by atoms with Crippen molar-refractivity contribution in [3.63, 3.8) is 0 Å². The van der Waals surface area contributed by atoms with Crippen molar-refractivity contribution in [2.24, 2.45) is 0 Å². The summed E-state index contributed by atoms with van der Waals surface area (Å²) in [5, 5.41) is 13.8. The van der Waals surface area contributed by atoms with E-state index in [9.17, 15) is 18.0 Å². The van der Waals surface area contributed by atoms with Crippen LogP contribution in [0.2, 0.25) is 5.02 Å². The number of halogens is 4. The number of rotatable bonds is 6. The summed E-state index contributed by atoms with van der Waals surface area (Å²) in [5.41, 5.74) is -0.494. The molecule has 2 rings (SSSR count). The maximum Gasteiger partial charge on any atom is 0.417 e. The van der Waals surface area contributed by atoms with Crippen molar-refractivity contribution in [2.45, 2.75) is 12.7 Å². The second-order valence-electron chi connectivity index (χ2n) is 5.54. The van der Waals surface area contributed by atoms with E-state index in [-0.39, 0.29) is 17.8 Å². The molecule has 0 saturated carbocycles. The molecule has 0 aliphatic carbocycles. The highest BCUT2D eigenvalue weighted by Crippen LogP contribution is 2.36. The molecule has 5 nitrogen and oxygen atoms in total. The minimum atomic E-state index is -4.62. The van der Waals surface area contributed by atoms with E-state index in [1.807, 2.05) is 0 Å². The monoisotopic (exact) mass is 409 g/mol. The number of benzene rings is 2. The predicted octanol–water partition coefficient (Wildman–Crippen LogP) is 4.50. The molecule has 2 aromatic carbocycles. The Kier molecular flexibility index (Phi) is 6.90. The number of alkyl halides is 3. The van der Waals surface area contributed by atoms with Crippen LogP contribution in [0.1, 0.15) is 11.1 Å². The van der Waals surface area contributed by atoms with Gasteiger partial charge in [-0.1, -0.05) is 23.7 Å². The van der Waals surface area contributed by atoms with Crippen molar-refractivity contribution in [2.75, 3.05) is 12.4 Å². The Balaban J connectivity index is 2.04. The lowest BCUT2D eigenvalue weighted by atomic mass is 10.2. The molecular formula is C19H15ClF3N3O2. The van der Waals surface area contributed by atoms with Crippen LogP contribution in [0.4, 0.5) is 18.9 Å². The van der Waals surface area contributed by atoms with Gasteiger partial charge in [-0.3, -0.25) is 4.79 Å². The Morgan fingerprint density at radius 3 is 2.50 bits per heavy atom. The number of nitriles is 1. The summed E-state index contributed by atoms with van der Waals surface area (Å²) < 4.78 is 43.7. The molecule has 0 aromatic heterocycles. The molecule has 28 heavy (non-hydrogen) atoms. The second kappa shape index (κ2) is 9.15. The molecule has 0 heterocycles. The van der Waals surface area contributed by atoms with Crippen LogP contribution in [0.15, 0.2) is 54.2 Å². The summed E-state index contributed by atoms with van der Waals surface area (Å²) >= 11 is 5.55. The van der Waals surface area contributed by atoms with Gasteiger partial charge in [0.25, 0.3) is 5.91 Å². The lowest BCUT2D eigenvalue weighted by Crippen LogP contribution is -2.24. The lowest BCUT2D eigenvalue weighted by molar-refractivity contribution is -0.137. The molecule has 0 bridgehead atoms. The zero-order valence-electron chi connectivity index (χ0n) is 14.6. The Hall–Kier alpha value is -3.18. The lowest BCUT2D eigenvalue weighted by Gasteiger charge is -2.11. The van der Waals surface area contributed by atoms with E-state index >= 15 is 0 Å². The van der Waals surface area contributed by atoms with Crippen molar-refractivity contribution < 1.29 is 22.7 Å². The number of amides is 1. The van der Waals surface area contributed by atoms with Crippen LogP contribution < -0.4 is 15.4 Å². The third-order valence-corrected chi connectivity index (χ3v) is 3.96. The third-order valence-electron chi connectivity index (χ3n) is 3.63. The van der Waals surface area contributed by atoms with Crippen molar-refractivity contribution in [1.29, 1.82) is 5.26 Å². The molecule has 0 fully saturated rings. The molecule has 0 atom stereocenters. The third kappa shape index (κ3) is 5.66. The average Bonchev–Trinajstić information content (AvgIpc) is 2.67. The van der Waals surface area contributed by atoms with Crippen LogP contribution in [0.25, 0.3) is 0 Å². The molecule has 9 heteroatoms. The Bertz CT molecular complexity index is 920. The molecule has 0 aliphatic heterocycles. The van der Waals surface area contributed by atoms with Crippen molar-refractivity contribution in [3.8, 4) is 11.8 Å². The summed E-state index contributed by atoms with van der Waals surface area (Å²) in [6.45, 7) is 0.168. The average molecular weight is 410 g/mol. The van der Waals surface area contributed by atoms with E-state index in [1.54, 1.807) is 30.3 Å². The van der Waals surface area contributed by atoms with Gasteiger partial charge in [0.15, 0.2) is 0 Å². The molecule has 0 aliphatic rings. The summed E-state index contributed by atoms with van der Waals surface area (Å²) in [5.74, 6) is -0.00565. The van der Waals surface area contributed by atoms with Gasteiger partial charge in [-0.2, -0.15) is 18.4 Å². The molecule has 0 radical (unpaired) electrons. The van der Waals surface area contributed by atoms with E-state index in [2.05, 4.69) is 10.6 Å². The SMILES string of the molecule is COc1ccc(CNC(=O)/C(C#N)=C\Nc2ccc(Cl)c(C(F)(F)F)c2)cc1. The zero-order chi connectivity index (χ0) is 20.7. The Morgan fingerprint density at radius 2 is 1.93 bits per heavy atom. The van der Waals surface area contributed by atoms with Crippen LogP contribution in [0.5, 0.6) is 5.75 Å². The minimum Gasteiger partial charge on any atom is -0.497 e. The van der Waals surface area contributed by atoms with Gasteiger partial charge < -0.3 is 15.4 Å². The highest BCUT2D eigenvalue weighted by atomic mass is 35.5. The van der Waals surface area contributed by atoms with Crippen LogP contribution in [-0.4, -0.2) is 13.0 Å². The number of anilines is 1. The molecule has 0 saturated heterocycles. The molecule has 146 valence electrons. The first-order valence-corrected chi connectivity index (χ1v) is 8.27. The fourth-order valence-corrected chi connectivity index (χ4v) is 2.38. The minimum absolute atomic E-state index is 0.0347. The van der Waals surface area contributed by atoms with Crippen molar-refractivity contribution in [3.05, 3.63) is 70.4 Å². The summed E-state index contributed by atoms with van der Waals surface area (Å²) in [6.07, 6.45) is -3.58. The van der Waals surface area contributed by atoms with Crippen LogP contribution in [-0.2, 0) is 17.5 Å². The maximum absolute atomic E-state index is 12.9. The first-order chi connectivity index (χ1) is 13.2. The predicted molar refractivity (Wildman–Crippen MR) is 98.6 cm³/mol.